The maximum absolute atomic E-state index is 12.4. The van der Waals surface area contributed by atoms with Crippen LogP contribution >= 0.6 is 23.1 Å². The number of hydrogen-bond donors (Lipinski definition) is 1. The fourth-order valence-corrected chi connectivity index (χ4v) is 2.64. The minimum absolute atomic E-state index is 0.112. The summed E-state index contributed by atoms with van der Waals surface area (Å²) in [5, 5.41) is 6.36. The number of halogens is 3. The molecule has 0 unspecified atom stereocenters. The van der Waals surface area contributed by atoms with Crippen molar-refractivity contribution in [3.8, 4) is 0 Å². The Kier molecular flexibility index (Phi) is 4.66. The van der Waals surface area contributed by atoms with E-state index in [0.29, 0.717) is 10.7 Å². The smallest absolute Gasteiger partial charge is 0.253 e. The van der Waals surface area contributed by atoms with E-state index < -0.39 is 5.51 Å². The molecule has 0 spiro atoms. The van der Waals surface area contributed by atoms with Crippen molar-refractivity contribution in [1.82, 2.24) is 4.98 Å². The van der Waals surface area contributed by atoms with Crippen LogP contribution in [0, 0.1) is 6.92 Å². The molecule has 1 aromatic carbocycles. The quantitative estimate of drug-likeness (QED) is 0.512. The van der Waals surface area contributed by atoms with Crippen LogP contribution < -0.4 is 5.43 Å². The molecule has 1 N–H and O–H groups in total. The van der Waals surface area contributed by atoms with Gasteiger partial charge in [-0.1, -0.05) is 18.2 Å². The van der Waals surface area contributed by atoms with Crippen molar-refractivity contribution in [2.75, 3.05) is 5.43 Å². The van der Waals surface area contributed by atoms with Crippen molar-refractivity contribution >= 4 is 34.4 Å². The van der Waals surface area contributed by atoms with Crippen LogP contribution in [0.25, 0.3) is 0 Å². The largest absolute Gasteiger partial charge is 0.446 e. The van der Waals surface area contributed by atoms with Gasteiger partial charge in [-0.3, -0.25) is 5.43 Å². The molecular weight excluding hydrogens is 307 g/mol. The summed E-state index contributed by atoms with van der Waals surface area (Å²) in [6.45, 7) is 1.85. The number of anilines is 1. The van der Waals surface area contributed by atoms with E-state index in [1.54, 1.807) is 18.2 Å². The molecule has 1 heterocycles. The lowest BCUT2D eigenvalue weighted by atomic mass is 10.2. The van der Waals surface area contributed by atoms with Crippen LogP contribution in [0.15, 0.2) is 39.6 Å². The lowest BCUT2D eigenvalue weighted by Gasteiger charge is -2.07. The Morgan fingerprint density at radius 1 is 1.35 bits per heavy atom. The highest BCUT2D eigenvalue weighted by Crippen LogP contribution is 2.37. The van der Waals surface area contributed by atoms with Gasteiger partial charge in [-0.2, -0.15) is 18.3 Å². The highest BCUT2D eigenvalue weighted by Gasteiger charge is 2.29. The fraction of sp³-hybridized carbons (Fsp3) is 0.167. The fourth-order valence-electron chi connectivity index (χ4n) is 1.37. The van der Waals surface area contributed by atoms with Gasteiger partial charge in [0.1, 0.15) is 0 Å². The molecular formula is C12H10F3N3S2. The standard InChI is InChI=1S/C12H10F3N3S2/c1-8-7-19-11(17-8)18-16-6-9-4-2-3-5-10(9)20-12(13,14)15/h2-7H,1H3,(H,17,18). The first-order chi connectivity index (χ1) is 9.44. The number of alkyl halides is 3. The third-order valence-corrected chi connectivity index (χ3v) is 3.82. The lowest BCUT2D eigenvalue weighted by molar-refractivity contribution is -0.0328. The van der Waals surface area contributed by atoms with Crippen molar-refractivity contribution in [1.29, 1.82) is 0 Å². The summed E-state index contributed by atoms with van der Waals surface area (Å²) >= 11 is 1.22. The summed E-state index contributed by atoms with van der Waals surface area (Å²) in [6, 6.07) is 6.21. The first-order valence-corrected chi connectivity index (χ1v) is 7.19. The Morgan fingerprint density at radius 3 is 2.75 bits per heavy atom. The average Bonchev–Trinajstić information content (AvgIpc) is 2.75. The molecule has 0 amide bonds. The number of thiazole rings is 1. The van der Waals surface area contributed by atoms with Crippen LogP contribution in [0.3, 0.4) is 0 Å². The summed E-state index contributed by atoms with van der Waals surface area (Å²) in [4.78, 5) is 4.24. The van der Waals surface area contributed by atoms with Gasteiger partial charge >= 0.3 is 5.51 Å². The van der Waals surface area contributed by atoms with E-state index >= 15 is 0 Å². The van der Waals surface area contributed by atoms with E-state index in [4.69, 9.17) is 0 Å². The Balaban J connectivity index is 2.08. The van der Waals surface area contributed by atoms with Crippen LogP contribution in [-0.2, 0) is 0 Å². The molecule has 0 atom stereocenters. The minimum Gasteiger partial charge on any atom is -0.253 e. The number of nitrogens with zero attached hydrogens (tertiary/aromatic N) is 2. The number of aryl methyl sites for hydroxylation is 1. The zero-order chi connectivity index (χ0) is 14.6. The van der Waals surface area contributed by atoms with Gasteiger partial charge < -0.3 is 0 Å². The van der Waals surface area contributed by atoms with Crippen molar-refractivity contribution in [2.45, 2.75) is 17.3 Å². The van der Waals surface area contributed by atoms with Crippen LogP contribution in [-0.4, -0.2) is 16.7 Å². The highest BCUT2D eigenvalue weighted by molar-refractivity contribution is 8.00. The van der Waals surface area contributed by atoms with Crippen LogP contribution in [0.5, 0.6) is 0 Å². The number of rotatable bonds is 4. The molecule has 8 heteroatoms. The Hall–Kier alpha value is -1.54. The minimum atomic E-state index is -4.32. The zero-order valence-electron chi connectivity index (χ0n) is 10.3. The molecule has 0 aliphatic rings. The first kappa shape index (κ1) is 14.9. The molecule has 2 rings (SSSR count). The van der Waals surface area contributed by atoms with Gasteiger partial charge in [0.05, 0.1) is 11.9 Å². The third kappa shape index (κ3) is 4.53. The molecule has 0 saturated heterocycles. The van der Waals surface area contributed by atoms with Gasteiger partial charge in [-0.05, 0) is 24.8 Å². The van der Waals surface area contributed by atoms with Gasteiger partial charge in [-0.15, -0.1) is 11.3 Å². The number of nitrogens with one attached hydrogen (secondary N) is 1. The van der Waals surface area contributed by atoms with Crippen LogP contribution in [0.1, 0.15) is 11.3 Å². The van der Waals surface area contributed by atoms with E-state index in [-0.39, 0.29) is 16.7 Å². The van der Waals surface area contributed by atoms with Crippen LogP contribution in [0.2, 0.25) is 0 Å². The van der Waals surface area contributed by atoms with Gasteiger partial charge in [0.15, 0.2) is 0 Å². The van der Waals surface area contributed by atoms with Crippen molar-refractivity contribution in [3.63, 3.8) is 0 Å². The summed E-state index contributed by atoms with van der Waals surface area (Å²) in [5.41, 5.74) is -0.365. The first-order valence-electron chi connectivity index (χ1n) is 5.50. The molecule has 0 bridgehead atoms. The maximum atomic E-state index is 12.4. The zero-order valence-corrected chi connectivity index (χ0v) is 11.9. The molecule has 0 saturated carbocycles. The summed E-state index contributed by atoms with van der Waals surface area (Å²) < 4.78 is 37.2. The number of aromatic nitrogens is 1. The van der Waals surface area contributed by atoms with Gasteiger partial charge in [0.2, 0.25) is 5.13 Å². The normalized spacial score (nSPS) is 12.0. The average molecular weight is 317 g/mol. The van der Waals surface area contributed by atoms with Gasteiger partial charge in [0, 0.05) is 15.8 Å². The number of thioether (sulfide) groups is 1. The second-order valence-electron chi connectivity index (χ2n) is 3.75. The lowest BCUT2D eigenvalue weighted by Crippen LogP contribution is -2.01. The molecule has 0 radical (unpaired) electrons. The molecule has 3 nitrogen and oxygen atoms in total. The molecule has 20 heavy (non-hydrogen) atoms. The predicted octanol–water partition coefficient (Wildman–Crippen LogP) is 4.51. The monoisotopic (exact) mass is 317 g/mol. The summed E-state index contributed by atoms with van der Waals surface area (Å²) in [5.74, 6) is 0. The van der Waals surface area contributed by atoms with E-state index in [1.807, 2.05) is 12.3 Å². The summed E-state index contributed by atoms with van der Waals surface area (Å²) in [6.07, 6.45) is 1.35. The van der Waals surface area contributed by atoms with Crippen LogP contribution in [0.4, 0.5) is 18.3 Å². The van der Waals surface area contributed by atoms with Gasteiger partial charge in [0.25, 0.3) is 0 Å². The van der Waals surface area contributed by atoms with Crippen molar-refractivity contribution in [2.24, 2.45) is 5.10 Å². The molecule has 0 aliphatic carbocycles. The predicted molar refractivity (Wildman–Crippen MR) is 76.4 cm³/mol. The van der Waals surface area contributed by atoms with E-state index in [0.717, 1.165) is 5.69 Å². The maximum Gasteiger partial charge on any atom is 0.446 e. The molecule has 1 aromatic heterocycles. The van der Waals surface area contributed by atoms with E-state index in [1.165, 1.54) is 23.6 Å². The topological polar surface area (TPSA) is 37.3 Å². The second kappa shape index (κ2) is 6.27. The number of hydrogen-bond acceptors (Lipinski definition) is 5. The molecule has 0 fully saturated rings. The van der Waals surface area contributed by atoms with E-state index in [9.17, 15) is 13.2 Å². The number of hydrazone groups is 1. The molecule has 106 valence electrons. The van der Waals surface area contributed by atoms with Crippen molar-refractivity contribution in [3.05, 3.63) is 40.9 Å². The Bertz CT molecular complexity index is 608. The van der Waals surface area contributed by atoms with E-state index in [2.05, 4.69) is 15.5 Å². The molecule has 0 aliphatic heterocycles. The Morgan fingerprint density at radius 2 is 2.10 bits per heavy atom. The van der Waals surface area contributed by atoms with Gasteiger partial charge in [-0.25, -0.2) is 4.98 Å². The SMILES string of the molecule is Cc1csc(NN=Cc2ccccc2SC(F)(F)F)n1. The number of benzene rings is 1. The van der Waals surface area contributed by atoms with Crippen molar-refractivity contribution < 1.29 is 13.2 Å². The highest BCUT2D eigenvalue weighted by atomic mass is 32.2. The molecule has 2 aromatic rings. The second-order valence-corrected chi connectivity index (χ2v) is 5.71. The summed E-state index contributed by atoms with van der Waals surface area (Å²) in [7, 11) is 0. The third-order valence-electron chi connectivity index (χ3n) is 2.13. The Labute approximate surface area is 121 Å².